The summed E-state index contributed by atoms with van der Waals surface area (Å²) in [6.45, 7) is 2.05. The maximum Gasteiger partial charge on any atom is 0.139 e. The maximum atomic E-state index is 4.74. The standard InChI is InChI=1S/C16H20N4S/c1-10-14(17-2)19-16(11-8-9-11)20-15(10)18-12-6-4-5-7-13(12)21-3/h4-7,11H,8-9H2,1-3H3,(H2,17,18,19,20). The molecule has 0 radical (unpaired) electrons. The zero-order valence-electron chi connectivity index (χ0n) is 12.6. The fourth-order valence-electron chi connectivity index (χ4n) is 2.30. The molecule has 2 aromatic rings. The highest BCUT2D eigenvalue weighted by Crippen LogP contribution is 2.40. The average Bonchev–Trinajstić information content (AvgIpc) is 3.34. The van der Waals surface area contributed by atoms with Crippen molar-refractivity contribution in [2.45, 2.75) is 30.6 Å². The molecule has 0 unspecified atom stereocenters. The van der Waals surface area contributed by atoms with Crippen molar-refractivity contribution >= 4 is 29.1 Å². The van der Waals surface area contributed by atoms with E-state index in [1.54, 1.807) is 11.8 Å². The Morgan fingerprint density at radius 2 is 1.86 bits per heavy atom. The van der Waals surface area contributed by atoms with Crippen molar-refractivity contribution < 1.29 is 0 Å². The molecule has 1 aromatic heterocycles. The number of anilines is 3. The van der Waals surface area contributed by atoms with E-state index in [9.17, 15) is 0 Å². The van der Waals surface area contributed by atoms with Gasteiger partial charge < -0.3 is 10.6 Å². The van der Waals surface area contributed by atoms with Crippen LogP contribution in [0.15, 0.2) is 29.2 Å². The Hall–Kier alpha value is -1.75. The van der Waals surface area contributed by atoms with E-state index < -0.39 is 0 Å². The number of hydrogen-bond donors (Lipinski definition) is 2. The minimum atomic E-state index is 0.536. The van der Waals surface area contributed by atoms with Crippen LogP contribution in [0, 0.1) is 6.92 Å². The molecule has 0 aliphatic heterocycles. The molecule has 1 aliphatic rings. The first-order valence-electron chi connectivity index (χ1n) is 7.19. The molecule has 1 saturated carbocycles. The van der Waals surface area contributed by atoms with Crippen LogP contribution in [0.3, 0.4) is 0 Å². The van der Waals surface area contributed by atoms with Gasteiger partial charge in [0, 0.05) is 23.4 Å². The summed E-state index contributed by atoms with van der Waals surface area (Å²) in [4.78, 5) is 10.6. The first-order chi connectivity index (χ1) is 10.2. The smallest absolute Gasteiger partial charge is 0.139 e. The molecule has 5 heteroatoms. The van der Waals surface area contributed by atoms with E-state index in [2.05, 4.69) is 40.1 Å². The van der Waals surface area contributed by atoms with Crippen LogP contribution in [0.1, 0.15) is 30.1 Å². The highest BCUT2D eigenvalue weighted by atomic mass is 32.2. The molecule has 0 saturated heterocycles. The number of benzene rings is 1. The second kappa shape index (κ2) is 5.93. The monoisotopic (exact) mass is 300 g/mol. The predicted molar refractivity (Wildman–Crippen MR) is 89.8 cm³/mol. The summed E-state index contributed by atoms with van der Waals surface area (Å²) in [6, 6.07) is 8.30. The van der Waals surface area contributed by atoms with E-state index in [1.165, 1.54) is 17.7 Å². The van der Waals surface area contributed by atoms with Crippen LogP contribution in [-0.4, -0.2) is 23.3 Å². The molecule has 0 atom stereocenters. The summed E-state index contributed by atoms with van der Waals surface area (Å²) in [5.41, 5.74) is 2.15. The van der Waals surface area contributed by atoms with Gasteiger partial charge in [-0.05, 0) is 38.2 Å². The summed E-state index contributed by atoms with van der Waals surface area (Å²) < 4.78 is 0. The van der Waals surface area contributed by atoms with Crippen LogP contribution in [0.5, 0.6) is 0 Å². The van der Waals surface area contributed by atoms with E-state index in [0.29, 0.717) is 5.92 Å². The Bertz CT molecular complexity index is 653. The van der Waals surface area contributed by atoms with Crippen molar-refractivity contribution in [3.63, 3.8) is 0 Å². The zero-order chi connectivity index (χ0) is 14.8. The maximum absolute atomic E-state index is 4.74. The van der Waals surface area contributed by atoms with Gasteiger partial charge in [0.2, 0.25) is 0 Å². The van der Waals surface area contributed by atoms with E-state index in [-0.39, 0.29) is 0 Å². The Morgan fingerprint density at radius 3 is 2.52 bits per heavy atom. The van der Waals surface area contributed by atoms with Gasteiger partial charge in [0.05, 0.1) is 5.69 Å². The Labute approximate surface area is 129 Å². The van der Waals surface area contributed by atoms with Crippen LogP contribution < -0.4 is 10.6 Å². The Balaban J connectivity index is 1.99. The summed E-state index contributed by atoms with van der Waals surface area (Å²) in [5, 5.41) is 6.65. The molecule has 1 heterocycles. The Kier molecular flexibility index (Phi) is 4.01. The lowest BCUT2D eigenvalue weighted by Gasteiger charge is -2.15. The van der Waals surface area contributed by atoms with Crippen molar-refractivity contribution in [1.82, 2.24) is 9.97 Å². The van der Waals surface area contributed by atoms with E-state index in [4.69, 9.17) is 4.98 Å². The lowest BCUT2D eigenvalue weighted by molar-refractivity contribution is 0.923. The van der Waals surface area contributed by atoms with Crippen LogP contribution >= 0.6 is 11.8 Å². The third-order valence-corrected chi connectivity index (χ3v) is 4.50. The molecule has 0 spiro atoms. The van der Waals surface area contributed by atoms with E-state index in [0.717, 1.165) is 28.7 Å². The van der Waals surface area contributed by atoms with Crippen LogP contribution in [0.25, 0.3) is 0 Å². The number of nitrogens with zero attached hydrogens (tertiary/aromatic N) is 2. The summed E-state index contributed by atoms with van der Waals surface area (Å²) >= 11 is 1.73. The highest BCUT2D eigenvalue weighted by molar-refractivity contribution is 7.98. The molecule has 4 nitrogen and oxygen atoms in total. The second-order valence-electron chi connectivity index (χ2n) is 5.25. The third kappa shape index (κ3) is 2.97. The van der Waals surface area contributed by atoms with Crippen molar-refractivity contribution in [3.05, 3.63) is 35.7 Å². The van der Waals surface area contributed by atoms with Gasteiger partial charge >= 0.3 is 0 Å². The normalized spacial score (nSPS) is 14.0. The van der Waals surface area contributed by atoms with Crippen LogP contribution in [-0.2, 0) is 0 Å². The first kappa shape index (κ1) is 14.2. The molecular weight excluding hydrogens is 280 g/mol. The van der Waals surface area contributed by atoms with Gasteiger partial charge in [-0.25, -0.2) is 9.97 Å². The molecule has 1 fully saturated rings. The zero-order valence-corrected chi connectivity index (χ0v) is 13.4. The minimum Gasteiger partial charge on any atom is -0.373 e. The average molecular weight is 300 g/mol. The molecule has 2 N–H and O–H groups in total. The summed E-state index contributed by atoms with van der Waals surface area (Å²) in [5.74, 6) is 3.30. The fraction of sp³-hybridized carbons (Fsp3) is 0.375. The molecule has 3 rings (SSSR count). The minimum absolute atomic E-state index is 0.536. The lowest BCUT2D eigenvalue weighted by atomic mass is 10.2. The van der Waals surface area contributed by atoms with Crippen LogP contribution in [0.4, 0.5) is 17.3 Å². The highest BCUT2D eigenvalue weighted by Gasteiger charge is 2.28. The van der Waals surface area contributed by atoms with Gasteiger partial charge in [-0.2, -0.15) is 0 Å². The topological polar surface area (TPSA) is 49.8 Å². The van der Waals surface area contributed by atoms with Gasteiger partial charge in [0.15, 0.2) is 0 Å². The lowest BCUT2D eigenvalue weighted by Crippen LogP contribution is -2.07. The number of rotatable bonds is 5. The van der Waals surface area contributed by atoms with Gasteiger partial charge in [0.1, 0.15) is 17.5 Å². The first-order valence-corrected chi connectivity index (χ1v) is 8.41. The third-order valence-electron chi connectivity index (χ3n) is 3.70. The molecule has 0 amide bonds. The van der Waals surface area contributed by atoms with Crippen molar-refractivity contribution in [2.75, 3.05) is 23.9 Å². The molecule has 1 aliphatic carbocycles. The van der Waals surface area contributed by atoms with Gasteiger partial charge in [0.25, 0.3) is 0 Å². The molecule has 0 bridgehead atoms. The van der Waals surface area contributed by atoms with Crippen molar-refractivity contribution in [1.29, 1.82) is 0 Å². The summed E-state index contributed by atoms with van der Waals surface area (Å²) in [7, 11) is 1.91. The van der Waals surface area contributed by atoms with Crippen molar-refractivity contribution in [3.8, 4) is 0 Å². The number of nitrogens with one attached hydrogen (secondary N) is 2. The molecule has 21 heavy (non-hydrogen) atoms. The Morgan fingerprint density at radius 1 is 1.14 bits per heavy atom. The molecule has 110 valence electrons. The van der Waals surface area contributed by atoms with E-state index >= 15 is 0 Å². The second-order valence-corrected chi connectivity index (χ2v) is 6.10. The fourth-order valence-corrected chi connectivity index (χ4v) is 2.85. The number of hydrogen-bond acceptors (Lipinski definition) is 5. The predicted octanol–water partition coefficient (Wildman–Crippen LogP) is 4.17. The van der Waals surface area contributed by atoms with Crippen LogP contribution in [0.2, 0.25) is 0 Å². The quantitative estimate of drug-likeness (QED) is 0.812. The number of aromatic nitrogens is 2. The number of para-hydroxylation sites is 1. The number of thioether (sulfide) groups is 1. The SMILES string of the molecule is CNc1nc(C2CC2)nc(Nc2ccccc2SC)c1C. The molecular formula is C16H20N4S. The molecule has 1 aromatic carbocycles. The largest absolute Gasteiger partial charge is 0.373 e. The van der Waals surface area contributed by atoms with Gasteiger partial charge in [-0.3, -0.25) is 0 Å². The van der Waals surface area contributed by atoms with Gasteiger partial charge in [-0.1, -0.05) is 12.1 Å². The summed E-state index contributed by atoms with van der Waals surface area (Å²) in [6.07, 6.45) is 4.49. The van der Waals surface area contributed by atoms with E-state index in [1.807, 2.05) is 20.0 Å². The van der Waals surface area contributed by atoms with Gasteiger partial charge in [-0.15, -0.1) is 11.8 Å². The van der Waals surface area contributed by atoms with Crippen molar-refractivity contribution in [2.24, 2.45) is 0 Å².